The smallest absolute Gasteiger partial charge is 0.346 e. The number of phenols is 1. The van der Waals surface area contributed by atoms with Crippen molar-refractivity contribution in [3.8, 4) is 11.4 Å². The van der Waals surface area contributed by atoms with Gasteiger partial charge in [0.25, 0.3) is 0 Å². The number of hydrogen-bond donors (Lipinski definition) is 1. The molecule has 0 bridgehead atoms. The average Bonchev–Trinajstić information content (AvgIpc) is 3.09. The molecule has 1 saturated heterocycles. The van der Waals surface area contributed by atoms with E-state index in [0.717, 1.165) is 36.5 Å². The van der Waals surface area contributed by atoms with Crippen molar-refractivity contribution in [3.05, 3.63) is 40.1 Å². The van der Waals surface area contributed by atoms with Crippen LogP contribution in [0, 0.1) is 6.92 Å². The first-order valence-corrected chi connectivity index (χ1v) is 7.77. The summed E-state index contributed by atoms with van der Waals surface area (Å²) in [5.41, 5.74) is 0.880. The number of carbonyl (C=O) groups excluding carboxylic acids is 1. The van der Waals surface area contributed by atoms with E-state index in [9.17, 15) is 9.90 Å². The molecule has 110 valence electrons. The molecule has 0 aliphatic carbocycles. The lowest BCUT2D eigenvalue weighted by molar-refractivity contribution is 0.218. The number of amides is 2. The van der Waals surface area contributed by atoms with Gasteiger partial charge in [0.05, 0.1) is 0 Å². The van der Waals surface area contributed by atoms with E-state index < -0.39 is 0 Å². The van der Waals surface area contributed by atoms with Crippen LogP contribution in [-0.4, -0.2) is 33.7 Å². The molecule has 0 radical (unpaired) electrons. The molecule has 1 aromatic carbocycles. The molecule has 3 rings (SSSR count). The van der Waals surface area contributed by atoms with Crippen molar-refractivity contribution in [3.63, 3.8) is 0 Å². The standard InChI is InChI=1S/C15H17N3O2S/c1-11-10-18(12-4-6-13(19)7-5-12)15(21-11)16-14(20)17-8-2-3-9-17/h4-7,10,19H,2-3,8-9H2,1H3/b16-15-. The van der Waals surface area contributed by atoms with Crippen LogP contribution in [-0.2, 0) is 0 Å². The first-order valence-electron chi connectivity index (χ1n) is 6.95. The van der Waals surface area contributed by atoms with E-state index >= 15 is 0 Å². The Labute approximate surface area is 126 Å². The summed E-state index contributed by atoms with van der Waals surface area (Å²) >= 11 is 1.49. The molecule has 21 heavy (non-hydrogen) atoms. The van der Waals surface area contributed by atoms with Gasteiger partial charge in [0, 0.05) is 29.9 Å². The molecule has 5 nitrogen and oxygen atoms in total. The topological polar surface area (TPSA) is 57.8 Å². The van der Waals surface area contributed by atoms with E-state index in [4.69, 9.17) is 0 Å². The number of rotatable bonds is 1. The Kier molecular flexibility index (Phi) is 3.79. The lowest BCUT2D eigenvalue weighted by Gasteiger charge is -2.10. The van der Waals surface area contributed by atoms with Crippen molar-refractivity contribution in [2.45, 2.75) is 19.8 Å². The van der Waals surface area contributed by atoms with Crippen LogP contribution < -0.4 is 4.80 Å². The maximum Gasteiger partial charge on any atom is 0.346 e. The van der Waals surface area contributed by atoms with E-state index in [0.29, 0.717) is 4.80 Å². The minimum atomic E-state index is -0.165. The second-order valence-corrected chi connectivity index (χ2v) is 6.31. The van der Waals surface area contributed by atoms with Crippen LogP contribution >= 0.6 is 11.3 Å². The van der Waals surface area contributed by atoms with Crippen molar-refractivity contribution >= 4 is 17.4 Å². The van der Waals surface area contributed by atoms with Crippen molar-refractivity contribution < 1.29 is 9.90 Å². The Hall–Kier alpha value is -2.08. The normalized spacial score (nSPS) is 15.7. The molecule has 2 heterocycles. The maximum atomic E-state index is 12.2. The van der Waals surface area contributed by atoms with E-state index in [1.807, 2.05) is 17.7 Å². The molecule has 1 fully saturated rings. The Morgan fingerprint density at radius 3 is 2.57 bits per heavy atom. The molecular formula is C15H17N3O2S. The molecule has 1 N–H and O–H groups in total. The van der Waals surface area contributed by atoms with Crippen LogP contribution in [0.5, 0.6) is 5.75 Å². The maximum absolute atomic E-state index is 12.2. The minimum Gasteiger partial charge on any atom is -0.508 e. The van der Waals surface area contributed by atoms with Gasteiger partial charge in [-0.25, -0.2) is 4.79 Å². The number of nitrogens with zero attached hydrogens (tertiary/aromatic N) is 3. The highest BCUT2D eigenvalue weighted by Crippen LogP contribution is 2.15. The summed E-state index contributed by atoms with van der Waals surface area (Å²) in [4.78, 5) is 20.0. The highest BCUT2D eigenvalue weighted by Gasteiger charge is 2.17. The van der Waals surface area contributed by atoms with Crippen molar-refractivity contribution in [1.29, 1.82) is 0 Å². The van der Waals surface area contributed by atoms with Crippen molar-refractivity contribution in [1.82, 2.24) is 9.47 Å². The number of thiazole rings is 1. The number of aromatic nitrogens is 1. The number of hydrogen-bond acceptors (Lipinski definition) is 3. The van der Waals surface area contributed by atoms with Gasteiger partial charge in [-0.1, -0.05) is 0 Å². The predicted molar refractivity (Wildman–Crippen MR) is 81.8 cm³/mol. The van der Waals surface area contributed by atoms with Crippen molar-refractivity contribution in [2.75, 3.05) is 13.1 Å². The van der Waals surface area contributed by atoms with Gasteiger partial charge in [0.2, 0.25) is 0 Å². The van der Waals surface area contributed by atoms with Gasteiger partial charge < -0.3 is 10.0 Å². The second-order valence-electron chi connectivity index (χ2n) is 5.10. The number of benzene rings is 1. The zero-order valence-electron chi connectivity index (χ0n) is 11.8. The fourth-order valence-electron chi connectivity index (χ4n) is 2.39. The van der Waals surface area contributed by atoms with Gasteiger partial charge in [-0.15, -0.1) is 11.3 Å². The third-order valence-electron chi connectivity index (χ3n) is 3.47. The van der Waals surface area contributed by atoms with Crippen LogP contribution in [0.2, 0.25) is 0 Å². The Bertz CT molecular complexity index is 709. The van der Waals surface area contributed by atoms with E-state index in [2.05, 4.69) is 4.99 Å². The molecular weight excluding hydrogens is 286 g/mol. The first-order chi connectivity index (χ1) is 10.1. The third-order valence-corrected chi connectivity index (χ3v) is 4.36. The van der Waals surface area contributed by atoms with Crippen LogP contribution in [0.15, 0.2) is 35.5 Å². The molecule has 0 spiro atoms. The lowest BCUT2D eigenvalue weighted by Crippen LogP contribution is -2.27. The SMILES string of the molecule is Cc1cn(-c2ccc(O)cc2)/c(=N/C(=O)N2CCCC2)s1. The second kappa shape index (κ2) is 5.73. The third kappa shape index (κ3) is 3.00. The number of aryl methyl sites for hydroxylation is 1. The molecule has 0 unspecified atom stereocenters. The molecule has 1 aliphatic rings. The lowest BCUT2D eigenvalue weighted by atomic mass is 10.3. The highest BCUT2D eigenvalue weighted by molar-refractivity contribution is 7.09. The summed E-state index contributed by atoms with van der Waals surface area (Å²) in [6.45, 7) is 3.58. The number of aromatic hydroxyl groups is 1. The van der Waals surface area contributed by atoms with Crippen LogP contribution in [0.3, 0.4) is 0 Å². The Morgan fingerprint density at radius 1 is 1.24 bits per heavy atom. The molecule has 0 saturated carbocycles. The van der Waals surface area contributed by atoms with Crippen LogP contribution in [0.25, 0.3) is 5.69 Å². The van der Waals surface area contributed by atoms with E-state index in [-0.39, 0.29) is 11.8 Å². The minimum absolute atomic E-state index is 0.165. The van der Waals surface area contributed by atoms with Gasteiger partial charge in [0.15, 0.2) is 4.80 Å². The number of likely N-dealkylation sites (tertiary alicyclic amines) is 1. The van der Waals surface area contributed by atoms with Gasteiger partial charge >= 0.3 is 6.03 Å². The zero-order chi connectivity index (χ0) is 14.8. The first kappa shape index (κ1) is 13.9. The number of urea groups is 1. The molecule has 6 heteroatoms. The number of phenolic OH excluding ortho intramolecular Hbond substituents is 1. The summed E-state index contributed by atoms with van der Waals surface area (Å²) in [6, 6.07) is 6.70. The van der Waals surface area contributed by atoms with E-state index in [1.165, 1.54) is 11.3 Å². The van der Waals surface area contributed by atoms with Crippen LogP contribution in [0.4, 0.5) is 4.79 Å². The monoisotopic (exact) mass is 303 g/mol. The van der Waals surface area contributed by atoms with Gasteiger partial charge in [-0.05, 0) is 44.0 Å². The molecule has 1 aromatic heterocycles. The summed E-state index contributed by atoms with van der Waals surface area (Å²) in [7, 11) is 0. The Morgan fingerprint density at radius 2 is 1.90 bits per heavy atom. The summed E-state index contributed by atoms with van der Waals surface area (Å²) in [6.07, 6.45) is 4.07. The quantitative estimate of drug-likeness (QED) is 0.880. The highest BCUT2D eigenvalue weighted by atomic mass is 32.1. The summed E-state index contributed by atoms with van der Waals surface area (Å²) in [5.74, 6) is 0.220. The summed E-state index contributed by atoms with van der Waals surface area (Å²) in [5, 5.41) is 9.38. The van der Waals surface area contributed by atoms with Gasteiger partial charge in [0.1, 0.15) is 5.75 Å². The summed E-state index contributed by atoms with van der Waals surface area (Å²) < 4.78 is 1.88. The largest absolute Gasteiger partial charge is 0.508 e. The molecule has 2 aromatic rings. The van der Waals surface area contributed by atoms with Crippen LogP contribution in [0.1, 0.15) is 17.7 Å². The number of carbonyl (C=O) groups is 1. The fourth-order valence-corrected chi connectivity index (χ4v) is 3.22. The average molecular weight is 303 g/mol. The van der Waals surface area contributed by atoms with Gasteiger partial charge in [-0.3, -0.25) is 4.57 Å². The van der Waals surface area contributed by atoms with Crippen molar-refractivity contribution in [2.24, 2.45) is 4.99 Å². The predicted octanol–water partition coefficient (Wildman–Crippen LogP) is 2.67. The fraction of sp³-hybridized carbons (Fsp3) is 0.333. The van der Waals surface area contributed by atoms with Gasteiger partial charge in [-0.2, -0.15) is 4.99 Å². The molecule has 1 aliphatic heterocycles. The molecule has 0 atom stereocenters. The zero-order valence-corrected chi connectivity index (χ0v) is 12.6. The van der Waals surface area contributed by atoms with E-state index in [1.54, 1.807) is 29.2 Å². The molecule has 2 amide bonds. The Balaban J connectivity index is 1.99.